The van der Waals surface area contributed by atoms with Crippen molar-refractivity contribution in [1.29, 1.82) is 0 Å². The molecule has 98 valence electrons. The van der Waals surface area contributed by atoms with Gasteiger partial charge in [-0.1, -0.05) is 37.0 Å². The van der Waals surface area contributed by atoms with Crippen LogP contribution < -0.4 is 0 Å². The number of nitrogens with zero attached hydrogens (tertiary/aromatic N) is 1. The van der Waals surface area contributed by atoms with E-state index in [1.54, 1.807) is 18.2 Å². The molecule has 0 bridgehead atoms. The maximum absolute atomic E-state index is 12.4. The zero-order valence-corrected chi connectivity index (χ0v) is 12.1. The zero-order valence-electron chi connectivity index (χ0n) is 10.6. The third-order valence-electron chi connectivity index (χ3n) is 3.31. The molecule has 0 spiro atoms. The number of likely N-dealkylation sites (tertiary alicyclic amines) is 1. The highest BCUT2D eigenvalue weighted by Crippen LogP contribution is 2.26. The molecule has 0 aliphatic carbocycles. The lowest BCUT2D eigenvalue weighted by molar-refractivity contribution is 0.0623. The summed E-state index contributed by atoms with van der Waals surface area (Å²) in [4.78, 5) is 14.3. The molecular formula is C14H17Cl2NO. The number of piperidine rings is 1. The predicted octanol–water partition coefficient (Wildman–Crippen LogP) is 4.11. The molecular weight excluding hydrogens is 269 g/mol. The minimum Gasteiger partial charge on any atom is -0.338 e. The zero-order chi connectivity index (χ0) is 13.3. The third-order valence-corrected chi connectivity index (χ3v) is 3.88. The van der Waals surface area contributed by atoms with Crippen molar-refractivity contribution in [3.63, 3.8) is 0 Å². The standard InChI is InChI=1S/C14H17Cl2NO/c1-9-5-10(2)8-17(7-9)14(18)12-6-11(15)3-4-13(12)16/h3-4,6,9-10H,5,7-8H2,1-2H3/t9-,10-/m1/s1. The van der Waals surface area contributed by atoms with E-state index in [0.717, 1.165) is 13.1 Å². The summed E-state index contributed by atoms with van der Waals surface area (Å²) in [6.45, 7) is 5.95. The average Bonchev–Trinajstić information content (AvgIpc) is 2.30. The minimum absolute atomic E-state index is 0.0131. The van der Waals surface area contributed by atoms with Gasteiger partial charge in [-0.3, -0.25) is 4.79 Å². The molecule has 1 aliphatic heterocycles. The van der Waals surface area contributed by atoms with E-state index in [0.29, 0.717) is 27.4 Å². The molecule has 0 saturated carbocycles. The lowest BCUT2D eigenvalue weighted by atomic mass is 9.91. The van der Waals surface area contributed by atoms with Crippen LogP contribution in [-0.2, 0) is 0 Å². The molecule has 1 saturated heterocycles. The first-order valence-corrected chi connectivity index (χ1v) is 6.97. The molecule has 2 atom stereocenters. The molecule has 1 heterocycles. The second kappa shape index (κ2) is 5.50. The van der Waals surface area contributed by atoms with E-state index in [-0.39, 0.29) is 5.91 Å². The largest absolute Gasteiger partial charge is 0.338 e. The van der Waals surface area contributed by atoms with Crippen molar-refractivity contribution < 1.29 is 4.79 Å². The van der Waals surface area contributed by atoms with Crippen molar-refractivity contribution in [1.82, 2.24) is 4.90 Å². The van der Waals surface area contributed by atoms with E-state index in [4.69, 9.17) is 23.2 Å². The quantitative estimate of drug-likeness (QED) is 0.760. The summed E-state index contributed by atoms with van der Waals surface area (Å²) in [6.07, 6.45) is 1.17. The Morgan fingerprint density at radius 3 is 2.44 bits per heavy atom. The molecule has 0 radical (unpaired) electrons. The highest BCUT2D eigenvalue weighted by molar-refractivity contribution is 6.35. The Bertz CT molecular complexity index is 451. The molecule has 0 aromatic heterocycles. The summed E-state index contributed by atoms with van der Waals surface area (Å²) in [7, 11) is 0. The number of hydrogen-bond donors (Lipinski definition) is 0. The monoisotopic (exact) mass is 285 g/mol. The van der Waals surface area contributed by atoms with Crippen LogP contribution in [0.1, 0.15) is 30.6 Å². The molecule has 18 heavy (non-hydrogen) atoms. The van der Waals surface area contributed by atoms with Gasteiger partial charge in [-0.25, -0.2) is 0 Å². The summed E-state index contributed by atoms with van der Waals surface area (Å²) in [6, 6.07) is 5.02. The summed E-state index contributed by atoms with van der Waals surface area (Å²) in [5, 5.41) is 1.01. The van der Waals surface area contributed by atoms with Gasteiger partial charge >= 0.3 is 0 Å². The summed E-state index contributed by atoms with van der Waals surface area (Å²) >= 11 is 12.0. The molecule has 1 fully saturated rings. The van der Waals surface area contributed by atoms with Crippen molar-refractivity contribution in [2.45, 2.75) is 20.3 Å². The summed E-state index contributed by atoms with van der Waals surface area (Å²) < 4.78 is 0. The van der Waals surface area contributed by atoms with E-state index >= 15 is 0 Å². The van der Waals surface area contributed by atoms with Gasteiger partial charge in [-0.2, -0.15) is 0 Å². The molecule has 0 N–H and O–H groups in total. The van der Waals surface area contributed by atoms with E-state index in [9.17, 15) is 4.79 Å². The van der Waals surface area contributed by atoms with Crippen LogP contribution in [0.15, 0.2) is 18.2 Å². The van der Waals surface area contributed by atoms with Crippen molar-refractivity contribution in [2.75, 3.05) is 13.1 Å². The first kappa shape index (κ1) is 13.7. The average molecular weight is 286 g/mol. The number of carbonyl (C=O) groups is 1. The topological polar surface area (TPSA) is 20.3 Å². The van der Waals surface area contributed by atoms with Crippen LogP contribution in [0, 0.1) is 11.8 Å². The number of hydrogen-bond acceptors (Lipinski definition) is 1. The number of carbonyl (C=O) groups excluding carboxylic acids is 1. The van der Waals surface area contributed by atoms with E-state index in [1.165, 1.54) is 6.42 Å². The van der Waals surface area contributed by atoms with Crippen LogP contribution >= 0.6 is 23.2 Å². The van der Waals surface area contributed by atoms with E-state index in [2.05, 4.69) is 13.8 Å². The normalized spacial score (nSPS) is 24.1. The lowest BCUT2D eigenvalue weighted by Gasteiger charge is -2.35. The highest BCUT2D eigenvalue weighted by atomic mass is 35.5. The maximum Gasteiger partial charge on any atom is 0.255 e. The Labute approximate surface area is 118 Å². The van der Waals surface area contributed by atoms with Crippen molar-refractivity contribution in [3.8, 4) is 0 Å². The van der Waals surface area contributed by atoms with Gasteiger partial charge in [-0.05, 0) is 36.5 Å². The van der Waals surface area contributed by atoms with Crippen LogP contribution in [0.3, 0.4) is 0 Å². The molecule has 1 aromatic rings. The van der Waals surface area contributed by atoms with Crippen LogP contribution in [0.2, 0.25) is 10.0 Å². The highest BCUT2D eigenvalue weighted by Gasteiger charge is 2.27. The number of halogens is 2. The number of amides is 1. The Balaban J connectivity index is 2.22. The third kappa shape index (κ3) is 2.99. The molecule has 2 rings (SSSR count). The molecule has 1 amide bonds. The first-order chi connectivity index (χ1) is 8.47. The SMILES string of the molecule is C[C@@H]1C[C@@H](C)CN(C(=O)c2cc(Cl)ccc2Cl)C1. The van der Waals surface area contributed by atoms with Crippen LogP contribution in [0.25, 0.3) is 0 Å². The second-order valence-electron chi connectivity index (χ2n) is 5.28. The Morgan fingerprint density at radius 2 is 1.83 bits per heavy atom. The predicted molar refractivity (Wildman–Crippen MR) is 75.3 cm³/mol. The van der Waals surface area contributed by atoms with Gasteiger partial charge in [0.2, 0.25) is 0 Å². The minimum atomic E-state index is -0.0131. The molecule has 4 heteroatoms. The number of benzene rings is 1. The van der Waals surface area contributed by atoms with Gasteiger partial charge in [0.25, 0.3) is 5.91 Å². The van der Waals surface area contributed by atoms with Crippen molar-refractivity contribution >= 4 is 29.1 Å². The van der Waals surface area contributed by atoms with Gasteiger partial charge in [-0.15, -0.1) is 0 Å². The molecule has 1 aromatic carbocycles. The smallest absolute Gasteiger partial charge is 0.255 e. The van der Waals surface area contributed by atoms with Gasteiger partial charge in [0.1, 0.15) is 0 Å². The van der Waals surface area contributed by atoms with Gasteiger partial charge in [0.05, 0.1) is 10.6 Å². The fourth-order valence-corrected chi connectivity index (χ4v) is 3.03. The summed E-state index contributed by atoms with van der Waals surface area (Å²) in [5.41, 5.74) is 0.505. The Hall–Kier alpha value is -0.730. The van der Waals surface area contributed by atoms with Crippen LogP contribution in [0.5, 0.6) is 0 Å². The number of rotatable bonds is 1. The second-order valence-corrected chi connectivity index (χ2v) is 6.12. The van der Waals surface area contributed by atoms with Gasteiger partial charge < -0.3 is 4.90 Å². The fraction of sp³-hybridized carbons (Fsp3) is 0.500. The lowest BCUT2D eigenvalue weighted by Crippen LogP contribution is -2.42. The molecule has 2 nitrogen and oxygen atoms in total. The van der Waals surface area contributed by atoms with E-state index in [1.807, 2.05) is 4.90 Å². The van der Waals surface area contributed by atoms with Gasteiger partial charge in [0, 0.05) is 18.1 Å². The van der Waals surface area contributed by atoms with Crippen LogP contribution in [0.4, 0.5) is 0 Å². The maximum atomic E-state index is 12.4. The molecule has 1 aliphatic rings. The van der Waals surface area contributed by atoms with Crippen LogP contribution in [-0.4, -0.2) is 23.9 Å². The first-order valence-electron chi connectivity index (χ1n) is 6.21. The Morgan fingerprint density at radius 1 is 1.22 bits per heavy atom. The van der Waals surface area contributed by atoms with Gasteiger partial charge in [0.15, 0.2) is 0 Å². The van der Waals surface area contributed by atoms with E-state index < -0.39 is 0 Å². The van der Waals surface area contributed by atoms with Crippen molar-refractivity contribution in [3.05, 3.63) is 33.8 Å². The summed E-state index contributed by atoms with van der Waals surface area (Å²) in [5.74, 6) is 1.06. The molecule has 0 unspecified atom stereocenters. The van der Waals surface area contributed by atoms with Crippen molar-refractivity contribution in [2.24, 2.45) is 11.8 Å². The fourth-order valence-electron chi connectivity index (χ4n) is 2.66. The Kier molecular flexibility index (Phi) is 4.18.